The molecule has 2 aliphatic rings. The molecule has 1 saturated carbocycles. The van der Waals surface area contributed by atoms with Crippen LogP contribution in [0.15, 0.2) is 23.0 Å². The van der Waals surface area contributed by atoms with Crippen molar-refractivity contribution in [3.05, 3.63) is 57.0 Å². The van der Waals surface area contributed by atoms with Gasteiger partial charge in [0.2, 0.25) is 0 Å². The third-order valence-electron chi connectivity index (χ3n) is 5.06. The quantitative estimate of drug-likeness (QED) is 0.906. The predicted octanol–water partition coefficient (Wildman–Crippen LogP) is 2.43. The summed E-state index contributed by atoms with van der Waals surface area (Å²) in [5, 5.41) is 0. The molecule has 132 valence electrons. The van der Waals surface area contributed by atoms with Gasteiger partial charge >= 0.3 is 0 Å². The average molecular weight is 343 g/mol. The van der Waals surface area contributed by atoms with Crippen molar-refractivity contribution in [1.82, 2.24) is 14.9 Å². The number of benzene rings is 1. The van der Waals surface area contributed by atoms with Gasteiger partial charge in [0.05, 0.1) is 12.8 Å². The molecule has 1 aromatic heterocycles. The van der Waals surface area contributed by atoms with E-state index < -0.39 is 0 Å². The van der Waals surface area contributed by atoms with Gasteiger partial charge in [-0.3, -0.25) is 9.69 Å². The monoisotopic (exact) mass is 343 g/mol. The minimum Gasteiger partial charge on any atom is -0.496 e. The first-order valence-electron chi connectivity index (χ1n) is 8.78. The van der Waals surface area contributed by atoms with Gasteiger partial charge in [0.15, 0.2) is 0 Å². The van der Waals surface area contributed by atoms with Gasteiger partial charge in [-0.15, -0.1) is 0 Å². The van der Waals surface area contributed by atoms with E-state index in [1.165, 1.54) is 18.9 Å². The van der Waals surface area contributed by atoms with Crippen LogP contribution in [0.2, 0.25) is 0 Å². The molecule has 0 atom stereocenters. The van der Waals surface area contributed by atoms with Gasteiger partial charge in [-0.25, -0.2) is 9.37 Å². The Morgan fingerprint density at radius 3 is 3.00 bits per heavy atom. The van der Waals surface area contributed by atoms with Crippen molar-refractivity contribution in [3.8, 4) is 5.75 Å². The summed E-state index contributed by atoms with van der Waals surface area (Å²) in [6, 6.07) is 4.87. The van der Waals surface area contributed by atoms with Crippen LogP contribution in [-0.4, -0.2) is 28.5 Å². The number of H-pyrrole nitrogens is 1. The van der Waals surface area contributed by atoms with Crippen LogP contribution in [0.25, 0.3) is 0 Å². The second kappa shape index (κ2) is 6.59. The van der Waals surface area contributed by atoms with Crippen LogP contribution in [-0.2, 0) is 25.9 Å². The Balaban J connectivity index is 1.56. The first kappa shape index (κ1) is 16.3. The van der Waals surface area contributed by atoms with Crippen LogP contribution in [0.3, 0.4) is 0 Å². The molecule has 0 spiro atoms. The molecule has 0 bridgehead atoms. The first-order valence-corrected chi connectivity index (χ1v) is 8.78. The van der Waals surface area contributed by atoms with E-state index in [1.54, 1.807) is 19.2 Å². The van der Waals surface area contributed by atoms with E-state index in [9.17, 15) is 9.18 Å². The van der Waals surface area contributed by atoms with Crippen LogP contribution in [0.4, 0.5) is 4.39 Å². The van der Waals surface area contributed by atoms with Crippen molar-refractivity contribution < 1.29 is 9.13 Å². The predicted molar refractivity (Wildman–Crippen MR) is 92.1 cm³/mol. The largest absolute Gasteiger partial charge is 0.496 e. The highest BCUT2D eigenvalue weighted by Gasteiger charge is 2.26. The molecule has 0 amide bonds. The van der Waals surface area contributed by atoms with Crippen LogP contribution in [0.5, 0.6) is 5.75 Å². The summed E-state index contributed by atoms with van der Waals surface area (Å²) < 4.78 is 19.5. The van der Waals surface area contributed by atoms with E-state index in [0.717, 1.165) is 23.5 Å². The molecule has 25 heavy (non-hydrogen) atoms. The maximum Gasteiger partial charge on any atom is 0.254 e. The Hall–Kier alpha value is -2.21. The summed E-state index contributed by atoms with van der Waals surface area (Å²) in [7, 11) is 1.55. The SMILES string of the molecule is COc1cccc(F)c1CN1CCc2c(nc(CC3CC3)[nH]c2=O)C1. The Morgan fingerprint density at radius 2 is 2.24 bits per heavy atom. The van der Waals surface area contributed by atoms with Gasteiger partial charge in [0.25, 0.3) is 5.56 Å². The lowest BCUT2D eigenvalue weighted by atomic mass is 10.0. The zero-order valence-corrected chi connectivity index (χ0v) is 14.3. The highest BCUT2D eigenvalue weighted by Crippen LogP contribution is 2.32. The Kier molecular flexibility index (Phi) is 4.29. The number of nitrogens with zero attached hydrogens (tertiary/aromatic N) is 2. The molecular weight excluding hydrogens is 321 g/mol. The van der Waals surface area contributed by atoms with Crippen molar-refractivity contribution in [2.24, 2.45) is 5.92 Å². The lowest BCUT2D eigenvalue weighted by Gasteiger charge is -2.28. The summed E-state index contributed by atoms with van der Waals surface area (Å²) in [5.41, 5.74) is 2.15. The maximum atomic E-state index is 14.2. The van der Waals surface area contributed by atoms with Gasteiger partial charge < -0.3 is 9.72 Å². The number of methoxy groups -OCH3 is 1. The standard InChI is InChI=1S/C19H22FN3O2/c1-25-17-4-2-3-15(20)14(17)10-23-8-7-13-16(11-23)21-18(22-19(13)24)9-12-5-6-12/h2-4,12H,5-11H2,1H3,(H,21,22,24). The lowest BCUT2D eigenvalue weighted by molar-refractivity contribution is 0.232. The van der Waals surface area contributed by atoms with Gasteiger partial charge in [-0.05, 0) is 37.3 Å². The van der Waals surface area contributed by atoms with Crippen molar-refractivity contribution in [3.63, 3.8) is 0 Å². The number of rotatable bonds is 5. The molecule has 1 aliphatic carbocycles. The molecule has 6 heteroatoms. The molecule has 1 aliphatic heterocycles. The molecule has 5 nitrogen and oxygen atoms in total. The maximum absolute atomic E-state index is 14.2. The molecule has 0 saturated heterocycles. The summed E-state index contributed by atoms with van der Waals surface area (Å²) >= 11 is 0. The van der Waals surface area contributed by atoms with Gasteiger partial charge in [-0.2, -0.15) is 0 Å². The van der Waals surface area contributed by atoms with Crippen molar-refractivity contribution in [2.75, 3.05) is 13.7 Å². The Labute approximate surface area is 145 Å². The second-order valence-corrected chi connectivity index (χ2v) is 6.97. The second-order valence-electron chi connectivity index (χ2n) is 6.97. The molecule has 2 aromatic rings. The molecule has 1 aromatic carbocycles. The fraction of sp³-hybridized carbons (Fsp3) is 0.474. The minimum atomic E-state index is -0.265. The van der Waals surface area contributed by atoms with E-state index in [0.29, 0.717) is 43.3 Å². The zero-order valence-electron chi connectivity index (χ0n) is 14.3. The smallest absolute Gasteiger partial charge is 0.254 e. The molecule has 0 unspecified atom stereocenters. The van der Waals surface area contributed by atoms with Gasteiger partial charge in [0, 0.05) is 37.2 Å². The number of hydrogen-bond acceptors (Lipinski definition) is 4. The summed E-state index contributed by atoms with van der Waals surface area (Å²) in [6.07, 6.45) is 3.93. The van der Waals surface area contributed by atoms with Crippen LogP contribution in [0, 0.1) is 11.7 Å². The number of halogens is 1. The average Bonchev–Trinajstić information content (AvgIpc) is 3.40. The normalized spacial score (nSPS) is 17.4. The van der Waals surface area contributed by atoms with Gasteiger partial charge in [-0.1, -0.05) is 6.07 Å². The van der Waals surface area contributed by atoms with Crippen molar-refractivity contribution in [1.29, 1.82) is 0 Å². The van der Waals surface area contributed by atoms with Crippen molar-refractivity contribution in [2.45, 2.75) is 38.8 Å². The molecule has 0 radical (unpaired) electrons. The Bertz CT molecular complexity index is 845. The number of aromatic amines is 1. The number of aromatic nitrogens is 2. The van der Waals surface area contributed by atoms with E-state index in [2.05, 4.69) is 14.9 Å². The molecule has 2 heterocycles. The lowest BCUT2D eigenvalue weighted by Crippen LogP contribution is -2.35. The first-order chi connectivity index (χ1) is 12.1. The third-order valence-corrected chi connectivity index (χ3v) is 5.06. The number of fused-ring (bicyclic) bond motifs is 1. The highest BCUT2D eigenvalue weighted by atomic mass is 19.1. The number of ether oxygens (including phenoxy) is 1. The summed E-state index contributed by atoms with van der Waals surface area (Å²) in [4.78, 5) is 22.1. The minimum absolute atomic E-state index is 0.0104. The third kappa shape index (κ3) is 3.44. The van der Waals surface area contributed by atoms with Crippen LogP contribution >= 0.6 is 0 Å². The Morgan fingerprint density at radius 1 is 1.40 bits per heavy atom. The van der Waals surface area contributed by atoms with E-state index in [1.807, 2.05) is 0 Å². The fourth-order valence-electron chi connectivity index (χ4n) is 3.48. The molecular formula is C19H22FN3O2. The molecule has 1 N–H and O–H groups in total. The number of nitrogens with one attached hydrogen (secondary N) is 1. The summed E-state index contributed by atoms with van der Waals surface area (Å²) in [6.45, 7) is 1.72. The van der Waals surface area contributed by atoms with E-state index in [-0.39, 0.29) is 11.4 Å². The summed E-state index contributed by atoms with van der Waals surface area (Å²) in [5.74, 6) is 1.75. The molecule has 1 fully saturated rings. The topological polar surface area (TPSA) is 58.2 Å². The molecule has 4 rings (SSSR count). The van der Waals surface area contributed by atoms with Crippen molar-refractivity contribution >= 4 is 0 Å². The highest BCUT2D eigenvalue weighted by molar-refractivity contribution is 5.35. The number of hydrogen-bond donors (Lipinski definition) is 1. The van der Waals surface area contributed by atoms with E-state index in [4.69, 9.17) is 4.74 Å². The van der Waals surface area contributed by atoms with Crippen LogP contribution in [0.1, 0.15) is 35.5 Å². The van der Waals surface area contributed by atoms with Crippen LogP contribution < -0.4 is 10.3 Å². The zero-order chi connectivity index (χ0) is 17.4. The fourth-order valence-corrected chi connectivity index (χ4v) is 3.48. The van der Waals surface area contributed by atoms with Gasteiger partial charge in [0.1, 0.15) is 17.4 Å². The van der Waals surface area contributed by atoms with E-state index >= 15 is 0 Å².